The van der Waals surface area contributed by atoms with Crippen molar-refractivity contribution in [3.05, 3.63) is 53.6 Å². The molecule has 2 aromatic rings. The number of anilines is 1. The molecule has 0 saturated carbocycles. The topological polar surface area (TPSA) is 55.8 Å². The Hall–Kier alpha value is -2.05. The minimum Gasteiger partial charge on any atom is -0.490 e. The van der Waals surface area contributed by atoms with Gasteiger partial charge in [0.05, 0.1) is 10.6 Å². The van der Waals surface area contributed by atoms with Gasteiger partial charge in [-0.3, -0.25) is 4.31 Å². The molecule has 0 spiro atoms. The first kappa shape index (κ1) is 24.1. The summed E-state index contributed by atoms with van der Waals surface area (Å²) in [6.45, 7) is 10.4. The summed E-state index contributed by atoms with van der Waals surface area (Å²) < 4.78 is 41.0. The molecule has 5 nitrogen and oxygen atoms in total. The van der Waals surface area contributed by atoms with Crippen molar-refractivity contribution in [3.8, 4) is 5.75 Å². The fraction of sp³-hybridized carbons (Fsp3) is 0.556. The molecular formula is C27H37NO4S. The smallest absolute Gasteiger partial charge is 0.264 e. The second-order valence-corrected chi connectivity index (χ2v) is 11.8. The largest absolute Gasteiger partial charge is 0.490 e. The van der Waals surface area contributed by atoms with E-state index in [1.807, 2.05) is 50.2 Å². The Morgan fingerprint density at radius 2 is 1.76 bits per heavy atom. The molecule has 0 aromatic heterocycles. The summed E-state index contributed by atoms with van der Waals surface area (Å²) in [5, 5.41) is 0. The van der Waals surface area contributed by atoms with Crippen LogP contribution in [0.1, 0.15) is 64.0 Å². The predicted molar refractivity (Wildman–Crippen MR) is 133 cm³/mol. The minimum atomic E-state index is -3.70. The monoisotopic (exact) mass is 471 g/mol. The molecule has 180 valence electrons. The van der Waals surface area contributed by atoms with E-state index in [0.717, 1.165) is 50.2 Å². The lowest BCUT2D eigenvalue weighted by atomic mass is 9.83. The van der Waals surface area contributed by atoms with Crippen LogP contribution in [0.3, 0.4) is 0 Å². The van der Waals surface area contributed by atoms with E-state index in [1.165, 1.54) is 5.56 Å². The van der Waals surface area contributed by atoms with Crippen LogP contribution in [0.2, 0.25) is 0 Å². The van der Waals surface area contributed by atoms with E-state index in [0.29, 0.717) is 23.0 Å². The minimum absolute atomic E-state index is 0.174. The molecule has 2 atom stereocenters. The molecule has 1 fully saturated rings. The Morgan fingerprint density at radius 1 is 1.06 bits per heavy atom. The van der Waals surface area contributed by atoms with Crippen molar-refractivity contribution in [2.75, 3.05) is 24.1 Å². The lowest BCUT2D eigenvalue weighted by molar-refractivity contribution is 0.00780. The van der Waals surface area contributed by atoms with Crippen molar-refractivity contribution in [1.82, 2.24) is 0 Å². The summed E-state index contributed by atoms with van der Waals surface area (Å²) in [7, 11) is -3.70. The molecule has 0 radical (unpaired) electrons. The van der Waals surface area contributed by atoms with Crippen molar-refractivity contribution in [2.45, 2.75) is 70.3 Å². The first-order chi connectivity index (χ1) is 15.8. The van der Waals surface area contributed by atoms with E-state index in [-0.39, 0.29) is 17.9 Å². The van der Waals surface area contributed by atoms with E-state index < -0.39 is 10.0 Å². The normalized spacial score (nSPS) is 21.5. The Kier molecular flexibility index (Phi) is 7.34. The molecule has 2 aromatic carbocycles. The van der Waals surface area contributed by atoms with Crippen LogP contribution in [0.15, 0.2) is 47.4 Å². The van der Waals surface area contributed by atoms with Gasteiger partial charge in [-0.1, -0.05) is 39.8 Å². The average Bonchev–Trinajstić information content (AvgIpc) is 2.82. The number of hydrogen-bond donors (Lipinski definition) is 0. The van der Waals surface area contributed by atoms with Crippen molar-refractivity contribution < 1.29 is 17.9 Å². The van der Waals surface area contributed by atoms with Gasteiger partial charge >= 0.3 is 0 Å². The van der Waals surface area contributed by atoms with Gasteiger partial charge in [0.15, 0.2) is 0 Å². The number of aryl methyl sites for hydroxylation is 1. The van der Waals surface area contributed by atoms with Gasteiger partial charge in [0.2, 0.25) is 0 Å². The number of hydrogen-bond acceptors (Lipinski definition) is 4. The summed E-state index contributed by atoms with van der Waals surface area (Å²) in [6, 6.07) is 13.3. The molecule has 0 amide bonds. The van der Waals surface area contributed by atoms with E-state index in [9.17, 15) is 8.42 Å². The number of sulfonamides is 1. The van der Waals surface area contributed by atoms with Crippen molar-refractivity contribution in [2.24, 2.45) is 11.8 Å². The molecule has 4 rings (SSSR count). The zero-order valence-corrected chi connectivity index (χ0v) is 21.1. The second kappa shape index (κ2) is 10.1. The fourth-order valence-corrected chi connectivity index (χ4v) is 6.61. The van der Waals surface area contributed by atoms with Gasteiger partial charge in [0.25, 0.3) is 10.0 Å². The molecular weight excluding hydrogens is 434 g/mol. The van der Waals surface area contributed by atoms with Crippen LogP contribution in [-0.4, -0.2) is 34.3 Å². The predicted octanol–water partition coefficient (Wildman–Crippen LogP) is 5.78. The first-order valence-electron chi connectivity index (χ1n) is 12.3. The van der Waals surface area contributed by atoms with Crippen molar-refractivity contribution in [1.29, 1.82) is 0 Å². The molecule has 0 aliphatic carbocycles. The van der Waals surface area contributed by atoms with Gasteiger partial charge in [0.1, 0.15) is 11.9 Å². The Bertz CT molecular complexity index is 1040. The number of fused-ring (bicyclic) bond motifs is 1. The summed E-state index contributed by atoms with van der Waals surface area (Å²) in [6.07, 6.45) is 4.07. The van der Waals surface area contributed by atoms with Crippen LogP contribution in [0.4, 0.5) is 5.69 Å². The zero-order chi connectivity index (χ0) is 23.6. The van der Waals surface area contributed by atoms with Gasteiger partial charge in [-0.05, 0) is 79.0 Å². The van der Waals surface area contributed by atoms with Crippen LogP contribution >= 0.6 is 0 Å². The molecule has 2 aliphatic heterocycles. The summed E-state index contributed by atoms with van der Waals surface area (Å²) in [4.78, 5) is 0.335. The molecule has 1 saturated heterocycles. The SMILES string of the molecule is CCc1ccc(N(CC(C)C)S(=O)(=O)c2ccc3c(c2)C(C)CC(C2CCOCC2)O3)cc1. The molecule has 33 heavy (non-hydrogen) atoms. The zero-order valence-electron chi connectivity index (χ0n) is 20.3. The van der Waals surface area contributed by atoms with E-state index in [2.05, 4.69) is 13.8 Å². The maximum Gasteiger partial charge on any atom is 0.264 e. The molecule has 0 N–H and O–H groups in total. The standard InChI is InChI=1S/C27H37NO4S/c1-5-21-6-8-23(9-7-21)28(18-19(2)3)33(29,30)24-10-11-26-25(17-24)20(4)16-27(32-26)22-12-14-31-15-13-22/h6-11,17,19-20,22,27H,5,12-16,18H2,1-4H3. The highest BCUT2D eigenvalue weighted by Gasteiger charge is 2.34. The fourth-order valence-electron chi connectivity index (χ4n) is 4.94. The molecule has 0 bridgehead atoms. The van der Waals surface area contributed by atoms with Crippen LogP contribution < -0.4 is 9.04 Å². The Labute approximate surface area is 199 Å². The van der Waals surface area contributed by atoms with E-state index >= 15 is 0 Å². The number of benzene rings is 2. The number of rotatable bonds is 7. The Balaban J connectivity index is 1.63. The second-order valence-electron chi connectivity index (χ2n) is 9.89. The third-order valence-corrected chi connectivity index (χ3v) is 8.71. The van der Waals surface area contributed by atoms with E-state index in [4.69, 9.17) is 9.47 Å². The average molecular weight is 472 g/mol. The quantitative estimate of drug-likeness (QED) is 0.513. The van der Waals surface area contributed by atoms with Gasteiger partial charge in [0, 0.05) is 25.7 Å². The lowest BCUT2D eigenvalue weighted by Gasteiger charge is -2.37. The number of ether oxygens (including phenoxy) is 2. The highest BCUT2D eigenvalue weighted by molar-refractivity contribution is 7.92. The van der Waals surface area contributed by atoms with Crippen molar-refractivity contribution in [3.63, 3.8) is 0 Å². The summed E-state index contributed by atoms with van der Waals surface area (Å²) in [5.74, 6) is 1.78. The van der Waals surface area contributed by atoms with Crippen LogP contribution in [0.5, 0.6) is 5.75 Å². The summed E-state index contributed by atoms with van der Waals surface area (Å²) >= 11 is 0. The molecule has 2 heterocycles. The number of nitrogens with zero attached hydrogens (tertiary/aromatic N) is 1. The van der Waals surface area contributed by atoms with Gasteiger partial charge in [-0.2, -0.15) is 0 Å². The van der Waals surface area contributed by atoms with Crippen molar-refractivity contribution >= 4 is 15.7 Å². The van der Waals surface area contributed by atoms with Gasteiger partial charge in [-0.15, -0.1) is 0 Å². The van der Waals surface area contributed by atoms with E-state index in [1.54, 1.807) is 10.4 Å². The highest BCUT2D eigenvalue weighted by atomic mass is 32.2. The molecule has 2 aliphatic rings. The highest BCUT2D eigenvalue weighted by Crippen LogP contribution is 2.41. The Morgan fingerprint density at radius 3 is 2.39 bits per heavy atom. The van der Waals surface area contributed by atoms with Crippen LogP contribution in [0, 0.1) is 11.8 Å². The lowest BCUT2D eigenvalue weighted by Crippen LogP contribution is -2.36. The van der Waals surface area contributed by atoms with Crippen LogP contribution in [0.25, 0.3) is 0 Å². The van der Waals surface area contributed by atoms with Crippen LogP contribution in [-0.2, 0) is 21.2 Å². The first-order valence-corrected chi connectivity index (χ1v) is 13.7. The molecule has 6 heteroatoms. The van der Waals surface area contributed by atoms with Gasteiger partial charge < -0.3 is 9.47 Å². The van der Waals surface area contributed by atoms with Gasteiger partial charge in [-0.25, -0.2) is 8.42 Å². The molecule has 2 unspecified atom stereocenters. The maximum atomic E-state index is 13.8. The summed E-state index contributed by atoms with van der Waals surface area (Å²) in [5.41, 5.74) is 2.90. The maximum absolute atomic E-state index is 13.8. The third-order valence-electron chi connectivity index (χ3n) is 6.92. The third kappa shape index (κ3) is 5.22.